The first-order valence-electron chi connectivity index (χ1n) is 14.1. The van der Waals surface area contributed by atoms with E-state index in [1.165, 1.54) is 0 Å². The zero-order valence-corrected chi connectivity index (χ0v) is 28.8. The van der Waals surface area contributed by atoms with Crippen LogP contribution in [0.25, 0.3) is 22.6 Å². The molecule has 0 aliphatic carbocycles. The third-order valence-electron chi connectivity index (χ3n) is 7.33. The third kappa shape index (κ3) is 8.32. The molecule has 2 heterocycles. The number of hydrogen-bond acceptors (Lipinski definition) is 8. The molecular formula is C31H45ClN4O5Si. The van der Waals surface area contributed by atoms with Gasteiger partial charge in [-0.3, -0.25) is 0 Å². The van der Waals surface area contributed by atoms with E-state index in [0.29, 0.717) is 34.7 Å². The van der Waals surface area contributed by atoms with Crippen molar-refractivity contribution in [3.8, 4) is 28.4 Å². The van der Waals surface area contributed by atoms with Crippen molar-refractivity contribution in [2.75, 3.05) is 20.2 Å². The zero-order valence-electron chi connectivity index (χ0n) is 27.0. The minimum atomic E-state index is -2.18. The number of carbonyl (C=O) groups is 1. The van der Waals surface area contributed by atoms with Crippen molar-refractivity contribution in [3.05, 3.63) is 46.4 Å². The molecule has 0 saturated carbocycles. The Labute approximate surface area is 256 Å². The van der Waals surface area contributed by atoms with Gasteiger partial charge in [-0.2, -0.15) is 0 Å². The number of ether oxygens (including phenoxy) is 2. The van der Waals surface area contributed by atoms with Crippen LogP contribution in [-0.2, 0) is 9.16 Å². The molecule has 0 fully saturated rings. The van der Waals surface area contributed by atoms with E-state index in [-0.39, 0.29) is 17.7 Å². The first-order chi connectivity index (χ1) is 19.3. The number of carbonyl (C=O) groups excluding carboxylic acids is 1. The Balaban J connectivity index is 1.87. The molecule has 1 unspecified atom stereocenters. The number of hydrogen-bond donors (Lipinski definition) is 0. The van der Waals surface area contributed by atoms with Crippen molar-refractivity contribution in [3.63, 3.8) is 0 Å². The van der Waals surface area contributed by atoms with Gasteiger partial charge in [0.15, 0.2) is 14.1 Å². The van der Waals surface area contributed by atoms with Crippen LogP contribution in [0.4, 0.5) is 4.79 Å². The van der Waals surface area contributed by atoms with Crippen LogP contribution in [-0.4, -0.2) is 66.3 Å². The van der Waals surface area contributed by atoms with Crippen LogP contribution in [0.15, 0.2) is 28.8 Å². The van der Waals surface area contributed by atoms with Gasteiger partial charge in [0, 0.05) is 18.2 Å². The van der Waals surface area contributed by atoms with Gasteiger partial charge in [0.05, 0.1) is 29.6 Å². The first-order valence-corrected chi connectivity index (χ1v) is 17.4. The van der Waals surface area contributed by atoms with Crippen molar-refractivity contribution in [1.29, 1.82) is 0 Å². The molecule has 0 aliphatic heterocycles. The van der Waals surface area contributed by atoms with Crippen molar-refractivity contribution >= 4 is 26.0 Å². The summed E-state index contributed by atoms with van der Waals surface area (Å²) in [5, 5.41) is 4.41. The number of likely N-dealkylation sites (N-methyl/N-ethyl adjacent to an activating group) is 1. The summed E-state index contributed by atoms with van der Waals surface area (Å²) in [6.07, 6.45) is -0.779. The van der Waals surface area contributed by atoms with E-state index in [4.69, 9.17) is 35.0 Å². The largest absolute Gasteiger partial charge is 0.491 e. The van der Waals surface area contributed by atoms with Crippen LogP contribution in [0, 0.1) is 20.8 Å². The van der Waals surface area contributed by atoms with Gasteiger partial charge in [-0.15, -0.1) is 0 Å². The highest BCUT2D eigenvalue weighted by molar-refractivity contribution is 6.74. The average molecular weight is 617 g/mol. The number of aryl methyl sites for hydroxylation is 2. The lowest BCUT2D eigenvalue weighted by molar-refractivity contribution is 0.0172. The Morgan fingerprint density at radius 2 is 1.76 bits per heavy atom. The molecule has 11 heteroatoms. The topological polar surface area (TPSA) is 99.8 Å². The molecule has 42 heavy (non-hydrogen) atoms. The smallest absolute Gasteiger partial charge is 0.410 e. The van der Waals surface area contributed by atoms with Crippen molar-refractivity contribution in [1.82, 2.24) is 20.0 Å². The van der Waals surface area contributed by atoms with Crippen molar-refractivity contribution in [2.24, 2.45) is 0 Å². The van der Waals surface area contributed by atoms with E-state index in [1.54, 1.807) is 11.9 Å². The second-order valence-corrected chi connectivity index (χ2v) is 18.3. The van der Waals surface area contributed by atoms with Gasteiger partial charge < -0.3 is 23.3 Å². The fourth-order valence-corrected chi connectivity index (χ4v) is 5.53. The highest BCUT2D eigenvalue weighted by Gasteiger charge is 2.40. The maximum absolute atomic E-state index is 12.7. The maximum Gasteiger partial charge on any atom is 0.410 e. The molecule has 1 amide bonds. The molecule has 0 spiro atoms. The van der Waals surface area contributed by atoms with Crippen LogP contribution in [0.2, 0.25) is 23.3 Å². The van der Waals surface area contributed by atoms with Crippen LogP contribution >= 0.6 is 11.6 Å². The summed E-state index contributed by atoms with van der Waals surface area (Å²) in [6, 6.07) is 7.54. The molecule has 230 valence electrons. The molecule has 1 atom stereocenters. The zero-order chi connectivity index (χ0) is 31.6. The van der Waals surface area contributed by atoms with E-state index in [9.17, 15) is 4.79 Å². The predicted molar refractivity (Wildman–Crippen MR) is 169 cm³/mol. The molecule has 0 aliphatic rings. The van der Waals surface area contributed by atoms with Crippen LogP contribution < -0.4 is 4.74 Å². The fraction of sp³-hybridized carbons (Fsp3) is 0.548. The first kappa shape index (κ1) is 33.5. The van der Waals surface area contributed by atoms with E-state index in [0.717, 1.165) is 22.4 Å². The van der Waals surface area contributed by atoms with E-state index in [1.807, 2.05) is 65.8 Å². The second kappa shape index (κ2) is 12.7. The van der Waals surface area contributed by atoms with Crippen molar-refractivity contribution < 1.29 is 23.2 Å². The van der Waals surface area contributed by atoms with Gasteiger partial charge in [0.1, 0.15) is 28.9 Å². The predicted octanol–water partition coefficient (Wildman–Crippen LogP) is 8.01. The van der Waals surface area contributed by atoms with Gasteiger partial charge >= 0.3 is 6.09 Å². The summed E-state index contributed by atoms with van der Waals surface area (Å²) in [4.78, 5) is 23.6. The Bertz CT molecular complexity index is 1390. The standard InChI is InChI=1S/C31H45ClN4O5Si/c1-19-26(25-20(2)35-40-21(25)3)33-28(34-27(19)32)22-14-13-15-23(16-22)38-18-24(41-42(11,12)31(7,8)9)17-36(10)29(37)39-30(4,5)6/h13-16,24H,17-18H2,1-12H3. The van der Waals surface area contributed by atoms with E-state index < -0.39 is 20.0 Å². The molecular weight excluding hydrogens is 572 g/mol. The highest BCUT2D eigenvalue weighted by atomic mass is 35.5. The van der Waals surface area contributed by atoms with Crippen LogP contribution in [0.5, 0.6) is 5.75 Å². The molecule has 2 aromatic heterocycles. The summed E-state index contributed by atoms with van der Waals surface area (Å²) in [5.41, 5.74) is 3.13. The minimum absolute atomic E-state index is 0.0172. The molecule has 3 aromatic rings. The lowest BCUT2D eigenvalue weighted by atomic mass is 10.1. The lowest BCUT2D eigenvalue weighted by Gasteiger charge is -2.40. The fourth-order valence-electron chi connectivity index (χ4n) is 4.03. The summed E-state index contributed by atoms with van der Waals surface area (Å²) >= 11 is 6.56. The van der Waals surface area contributed by atoms with Gasteiger partial charge in [-0.1, -0.05) is 49.7 Å². The minimum Gasteiger partial charge on any atom is -0.491 e. The Hall–Kier alpha value is -2.95. The molecule has 1 aromatic carbocycles. The Morgan fingerprint density at radius 3 is 2.33 bits per heavy atom. The molecule has 0 radical (unpaired) electrons. The van der Waals surface area contributed by atoms with E-state index >= 15 is 0 Å². The monoisotopic (exact) mass is 616 g/mol. The Kier molecular flexibility index (Phi) is 10.2. The third-order valence-corrected chi connectivity index (χ3v) is 12.2. The van der Waals surface area contributed by atoms with Crippen LogP contribution in [0.3, 0.4) is 0 Å². The molecule has 0 N–H and O–H groups in total. The average Bonchev–Trinajstić information content (AvgIpc) is 3.20. The summed E-state index contributed by atoms with van der Waals surface area (Å²) < 4.78 is 23.9. The number of rotatable bonds is 9. The summed E-state index contributed by atoms with van der Waals surface area (Å²) in [5.74, 6) is 1.75. The summed E-state index contributed by atoms with van der Waals surface area (Å²) in [6.45, 7) is 22.6. The van der Waals surface area contributed by atoms with Gasteiger partial charge in [0.2, 0.25) is 0 Å². The number of aromatic nitrogens is 3. The molecule has 9 nitrogen and oxygen atoms in total. The maximum atomic E-state index is 12.7. The number of halogens is 1. The molecule has 0 saturated heterocycles. The number of benzene rings is 1. The van der Waals surface area contributed by atoms with Gasteiger partial charge in [0.25, 0.3) is 0 Å². The Morgan fingerprint density at radius 1 is 1.10 bits per heavy atom. The SMILES string of the molecule is Cc1noc(C)c1-c1nc(-c2cccc(OCC(CN(C)C(=O)OC(C)(C)C)O[Si](C)(C)C(C)(C)C)c2)nc(Cl)c1C. The van der Waals surface area contributed by atoms with Gasteiger partial charge in [-0.05, 0) is 71.8 Å². The molecule has 0 bridgehead atoms. The van der Waals surface area contributed by atoms with Crippen molar-refractivity contribution in [2.45, 2.75) is 92.2 Å². The number of amides is 1. The lowest BCUT2D eigenvalue weighted by Crippen LogP contribution is -2.49. The summed E-state index contributed by atoms with van der Waals surface area (Å²) in [7, 11) is -0.464. The second-order valence-electron chi connectivity index (χ2n) is 13.2. The normalized spacial score (nSPS) is 13.2. The quantitative estimate of drug-likeness (QED) is 0.176. The van der Waals surface area contributed by atoms with Crippen LogP contribution in [0.1, 0.15) is 58.6 Å². The highest BCUT2D eigenvalue weighted by Crippen LogP contribution is 2.38. The van der Waals surface area contributed by atoms with E-state index in [2.05, 4.69) is 44.0 Å². The number of nitrogens with zero attached hydrogens (tertiary/aromatic N) is 4. The molecule has 3 rings (SSSR count). The van der Waals surface area contributed by atoms with Gasteiger partial charge in [-0.25, -0.2) is 14.8 Å².